The lowest BCUT2D eigenvalue weighted by molar-refractivity contribution is -0.157. The number of likely N-dealkylation sites (tertiary alicyclic amines) is 1. The Kier molecular flexibility index (Phi) is 3.43. The summed E-state index contributed by atoms with van der Waals surface area (Å²) in [5.41, 5.74) is -0.471. The molecule has 0 atom stereocenters. The molecule has 0 aromatic heterocycles. The van der Waals surface area contributed by atoms with Gasteiger partial charge in [-0.25, -0.2) is 4.79 Å². The fourth-order valence-electron chi connectivity index (χ4n) is 2.66. The van der Waals surface area contributed by atoms with Crippen molar-refractivity contribution in [3.05, 3.63) is 12.3 Å². The lowest BCUT2D eigenvalue weighted by Gasteiger charge is -2.48. The maximum absolute atomic E-state index is 12.0. The van der Waals surface area contributed by atoms with Gasteiger partial charge in [-0.2, -0.15) is 0 Å². The van der Waals surface area contributed by atoms with E-state index in [-0.39, 0.29) is 17.7 Å². The van der Waals surface area contributed by atoms with Crippen LogP contribution in [-0.4, -0.2) is 58.2 Å². The van der Waals surface area contributed by atoms with Gasteiger partial charge in [-0.15, -0.1) is 0 Å². The number of piperidine rings is 1. The molecule has 2 rings (SSSR count). The number of rotatable bonds is 1. The predicted octanol–water partition coefficient (Wildman–Crippen LogP) is 1.28. The molecule has 0 bridgehead atoms. The molecule has 1 N–H and O–H groups in total. The summed E-state index contributed by atoms with van der Waals surface area (Å²) in [7, 11) is 0. The Bertz CT molecular complexity index is 411. The minimum atomic E-state index is -0.902. The summed E-state index contributed by atoms with van der Waals surface area (Å²) >= 11 is 0. The molecule has 2 aliphatic heterocycles. The van der Waals surface area contributed by atoms with Gasteiger partial charge in [-0.3, -0.25) is 4.79 Å². The molecule has 6 heteroatoms. The molecule has 6 nitrogen and oxygen atoms in total. The minimum absolute atomic E-state index is 0.0857. The van der Waals surface area contributed by atoms with E-state index in [9.17, 15) is 9.59 Å². The van der Waals surface area contributed by atoms with Crippen molar-refractivity contribution < 1.29 is 19.4 Å². The van der Waals surface area contributed by atoms with Gasteiger partial charge in [0.25, 0.3) is 5.91 Å². The smallest absolute Gasteiger partial charge is 0.407 e. The fraction of sp³-hybridized carbons (Fsp3) is 0.692. The average molecular weight is 268 g/mol. The molecule has 0 aliphatic carbocycles. The summed E-state index contributed by atoms with van der Waals surface area (Å²) in [4.78, 5) is 26.0. The second kappa shape index (κ2) is 4.75. The summed E-state index contributed by atoms with van der Waals surface area (Å²) in [6.07, 6.45) is 0.283. The predicted molar refractivity (Wildman–Crippen MR) is 68.6 cm³/mol. The SMILES string of the molecule is C=C1OC2(CCN(C(=O)O)CC2)CN(C(C)C)C1=O. The van der Waals surface area contributed by atoms with Gasteiger partial charge >= 0.3 is 6.09 Å². The third kappa shape index (κ3) is 2.52. The van der Waals surface area contributed by atoms with Crippen LogP contribution in [0.4, 0.5) is 4.79 Å². The molecule has 106 valence electrons. The summed E-state index contributed by atoms with van der Waals surface area (Å²) in [5.74, 6) is 0.00464. The quantitative estimate of drug-likeness (QED) is 0.727. The summed E-state index contributed by atoms with van der Waals surface area (Å²) in [6, 6.07) is 0.0857. The molecular formula is C13H20N2O4. The van der Waals surface area contributed by atoms with Gasteiger partial charge in [0.15, 0.2) is 5.76 Å². The highest BCUT2D eigenvalue weighted by Gasteiger charge is 2.45. The maximum Gasteiger partial charge on any atom is 0.407 e. The Hall–Kier alpha value is -1.72. The topological polar surface area (TPSA) is 70.1 Å². The number of carbonyl (C=O) groups excluding carboxylic acids is 1. The molecule has 0 unspecified atom stereocenters. The zero-order valence-electron chi connectivity index (χ0n) is 11.4. The first-order valence-corrected chi connectivity index (χ1v) is 6.51. The van der Waals surface area contributed by atoms with E-state index in [4.69, 9.17) is 9.84 Å². The van der Waals surface area contributed by atoms with E-state index in [1.54, 1.807) is 4.90 Å². The van der Waals surface area contributed by atoms with Crippen LogP contribution in [-0.2, 0) is 9.53 Å². The van der Waals surface area contributed by atoms with Crippen molar-refractivity contribution in [1.82, 2.24) is 9.80 Å². The highest BCUT2D eigenvalue weighted by molar-refractivity contribution is 5.92. The number of amides is 2. The Morgan fingerprint density at radius 3 is 2.47 bits per heavy atom. The van der Waals surface area contributed by atoms with Crippen molar-refractivity contribution in [2.45, 2.75) is 38.3 Å². The van der Waals surface area contributed by atoms with E-state index in [1.165, 1.54) is 4.90 Å². The van der Waals surface area contributed by atoms with Crippen LogP contribution < -0.4 is 0 Å². The van der Waals surface area contributed by atoms with Crippen molar-refractivity contribution >= 4 is 12.0 Å². The number of ether oxygens (including phenoxy) is 1. The number of hydrogen-bond donors (Lipinski definition) is 1. The Morgan fingerprint density at radius 1 is 1.42 bits per heavy atom. The first-order valence-electron chi connectivity index (χ1n) is 6.51. The Morgan fingerprint density at radius 2 is 2.00 bits per heavy atom. The van der Waals surface area contributed by atoms with E-state index in [0.717, 1.165) is 0 Å². The lowest BCUT2D eigenvalue weighted by atomic mass is 9.88. The number of morpholine rings is 1. The second-order valence-electron chi connectivity index (χ2n) is 5.50. The van der Waals surface area contributed by atoms with Crippen molar-refractivity contribution in [1.29, 1.82) is 0 Å². The summed E-state index contributed by atoms with van der Waals surface area (Å²) in [5, 5.41) is 8.96. The summed E-state index contributed by atoms with van der Waals surface area (Å²) in [6.45, 7) is 8.97. The Balaban J connectivity index is 2.11. The molecule has 2 saturated heterocycles. The molecule has 2 amide bonds. The molecule has 2 heterocycles. The zero-order valence-corrected chi connectivity index (χ0v) is 11.4. The number of hydrogen-bond acceptors (Lipinski definition) is 3. The monoisotopic (exact) mass is 268 g/mol. The van der Waals surface area contributed by atoms with Gasteiger partial charge in [-0.1, -0.05) is 6.58 Å². The van der Waals surface area contributed by atoms with Crippen LogP contribution in [0.1, 0.15) is 26.7 Å². The largest absolute Gasteiger partial charge is 0.480 e. The van der Waals surface area contributed by atoms with Gasteiger partial charge in [0.1, 0.15) is 5.60 Å². The zero-order chi connectivity index (χ0) is 14.2. The number of nitrogens with zero attached hydrogens (tertiary/aromatic N) is 2. The molecule has 0 saturated carbocycles. The van der Waals surface area contributed by atoms with Crippen molar-refractivity contribution in [2.24, 2.45) is 0 Å². The minimum Gasteiger partial charge on any atom is -0.480 e. The van der Waals surface area contributed by atoms with E-state index >= 15 is 0 Å². The highest BCUT2D eigenvalue weighted by Crippen LogP contribution is 2.34. The van der Waals surface area contributed by atoms with Crippen LogP contribution in [0.2, 0.25) is 0 Å². The van der Waals surface area contributed by atoms with Crippen LogP contribution in [0.25, 0.3) is 0 Å². The third-order valence-corrected chi connectivity index (χ3v) is 3.87. The second-order valence-corrected chi connectivity index (χ2v) is 5.50. The number of carboxylic acid groups (broad SMARTS) is 1. The molecule has 0 radical (unpaired) electrons. The summed E-state index contributed by atoms with van der Waals surface area (Å²) < 4.78 is 5.73. The first kappa shape index (κ1) is 13.7. The van der Waals surface area contributed by atoms with Crippen molar-refractivity contribution in [3.8, 4) is 0 Å². The van der Waals surface area contributed by atoms with Crippen LogP contribution in [0.15, 0.2) is 12.3 Å². The van der Waals surface area contributed by atoms with Crippen LogP contribution in [0.3, 0.4) is 0 Å². The van der Waals surface area contributed by atoms with E-state index in [2.05, 4.69) is 6.58 Å². The molecule has 2 aliphatic rings. The average Bonchev–Trinajstić information content (AvgIpc) is 2.34. The standard InChI is InChI=1S/C13H20N2O4/c1-9(2)15-8-13(19-10(3)11(15)16)4-6-14(7-5-13)12(17)18/h9H,3-8H2,1-2H3,(H,17,18). The van der Waals surface area contributed by atoms with Crippen LogP contribution in [0, 0.1) is 0 Å². The van der Waals surface area contributed by atoms with Crippen LogP contribution >= 0.6 is 0 Å². The van der Waals surface area contributed by atoms with E-state index in [0.29, 0.717) is 32.5 Å². The molecule has 2 fully saturated rings. The maximum atomic E-state index is 12.0. The number of carbonyl (C=O) groups is 2. The van der Waals surface area contributed by atoms with E-state index in [1.807, 2.05) is 13.8 Å². The molecule has 19 heavy (non-hydrogen) atoms. The molecular weight excluding hydrogens is 248 g/mol. The lowest BCUT2D eigenvalue weighted by Crippen LogP contribution is -2.59. The van der Waals surface area contributed by atoms with Crippen molar-refractivity contribution in [2.75, 3.05) is 19.6 Å². The van der Waals surface area contributed by atoms with Crippen LogP contribution in [0.5, 0.6) is 0 Å². The highest BCUT2D eigenvalue weighted by atomic mass is 16.5. The van der Waals surface area contributed by atoms with E-state index < -0.39 is 11.7 Å². The normalized spacial score (nSPS) is 22.9. The third-order valence-electron chi connectivity index (χ3n) is 3.87. The van der Waals surface area contributed by atoms with Gasteiger partial charge in [0.05, 0.1) is 6.54 Å². The fourth-order valence-corrected chi connectivity index (χ4v) is 2.66. The first-order chi connectivity index (χ1) is 8.84. The van der Waals surface area contributed by atoms with Crippen molar-refractivity contribution in [3.63, 3.8) is 0 Å². The van der Waals surface area contributed by atoms with Gasteiger partial charge < -0.3 is 19.6 Å². The Labute approximate surface area is 112 Å². The molecule has 1 spiro atoms. The van der Waals surface area contributed by atoms with Gasteiger partial charge in [0, 0.05) is 32.0 Å². The molecule has 0 aromatic rings. The van der Waals surface area contributed by atoms with Gasteiger partial charge in [-0.05, 0) is 13.8 Å². The molecule has 0 aromatic carbocycles. The van der Waals surface area contributed by atoms with Gasteiger partial charge in [0.2, 0.25) is 0 Å².